The number of H-pyrrole nitrogens is 1. The molecule has 0 fully saturated rings. The minimum absolute atomic E-state index is 0.00849. The van der Waals surface area contributed by atoms with E-state index in [4.69, 9.17) is 28.3 Å². The van der Waals surface area contributed by atoms with Gasteiger partial charge in [-0.15, -0.1) is 5.10 Å². The number of para-hydroxylation sites is 1. The van der Waals surface area contributed by atoms with Crippen molar-refractivity contribution in [1.29, 1.82) is 5.41 Å². The van der Waals surface area contributed by atoms with Gasteiger partial charge >= 0.3 is 0 Å². The Balaban J connectivity index is 1.17. The molecule has 0 bridgehead atoms. The molecule has 0 aliphatic carbocycles. The molecule has 0 unspecified atom stereocenters. The van der Waals surface area contributed by atoms with Gasteiger partial charge in [0.15, 0.2) is 5.96 Å². The topological polar surface area (TPSA) is 560 Å². The van der Waals surface area contributed by atoms with Crippen molar-refractivity contribution in [2.45, 2.75) is 139 Å². The molecule has 6 aromatic rings. The van der Waals surface area contributed by atoms with E-state index in [1.54, 1.807) is 72.9 Å². The summed E-state index contributed by atoms with van der Waals surface area (Å²) in [7, 11) is 0. The van der Waals surface area contributed by atoms with Crippen molar-refractivity contribution in [2.75, 3.05) is 13.2 Å². The van der Waals surface area contributed by atoms with Crippen molar-refractivity contribution in [3.05, 3.63) is 143 Å². The van der Waals surface area contributed by atoms with Crippen molar-refractivity contribution in [3.63, 3.8) is 0 Å². The van der Waals surface area contributed by atoms with E-state index in [1.807, 2.05) is 13.8 Å². The fourth-order valence-electron chi connectivity index (χ4n) is 10.5. The normalized spacial score (nSPS) is 13.8. The van der Waals surface area contributed by atoms with Crippen LogP contribution in [-0.2, 0) is 89.8 Å². The van der Waals surface area contributed by atoms with Gasteiger partial charge in [-0.2, -0.15) is 0 Å². The summed E-state index contributed by atoms with van der Waals surface area (Å²) in [5.41, 5.74) is 25.1. The Morgan fingerprint density at radius 3 is 1.52 bits per heavy atom. The minimum atomic E-state index is -1.91. The van der Waals surface area contributed by atoms with Crippen LogP contribution in [0, 0.1) is 11.3 Å². The maximum atomic E-state index is 14.6. The smallest absolute Gasteiger partial charge is 0.245 e. The minimum Gasteiger partial charge on any atom is -0.508 e. The number of carbonyl (C=O) groups excluding carboxylic acids is 12. The second-order valence-corrected chi connectivity index (χ2v) is 24.1. The Kier molecular flexibility index (Phi) is 28.9. The molecule has 9 atom stereocenters. The molecule has 0 saturated heterocycles. The summed E-state index contributed by atoms with van der Waals surface area (Å²) >= 11 is 0. The van der Waals surface area contributed by atoms with Crippen LogP contribution >= 0.6 is 0 Å². The summed E-state index contributed by atoms with van der Waals surface area (Å²) in [5, 5.41) is 71.9. The number of amides is 12. The summed E-state index contributed by atoms with van der Waals surface area (Å²) in [4.78, 5) is 167. The first-order chi connectivity index (χ1) is 47.5. The van der Waals surface area contributed by atoms with E-state index in [-0.39, 0.29) is 87.1 Å². The van der Waals surface area contributed by atoms with E-state index in [0.717, 1.165) is 6.92 Å². The molecule has 0 radical (unpaired) electrons. The van der Waals surface area contributed by atoms with Crippen molar-refractivity contribution in [3.8, 4) is 11.5 Å². The van der Waals surface area contributed by atoms with Gasteiger partial charge in [-0.05, 0) is 77.8 Å². The average Bonchev–Trinajstić information content (AvgIpc) is 1.64. The largest absolute Gasteiger partial charge is 0.508 e. The summed E-state index contributed by atoms with van der Waals surface area (Å²) in [5.74, 6) is -12.0. The number of nitrogens with zero attached hydrogens (tertiary/aromatic N) is 3. The molecule has 0 saturated carbocycles. The maximum Gasteiger partial charge on any atom is 0.245 e. The van der Waals surface area contributed by atoms with Crippen molar-refractivity contribution >= 4 is 87.7 Å². The van der Waals surface area contributed by atoms with E-state index in [0.29, 0.717) is 33.2 Å². The van der Waals surface area contributed by atoms with Crippen LogP contribution in [0.25, 0.3) is 10.9 Å². The number of rotatable bonds is 39. The number of fused-ring (bicyclic) bond motifs is 1. The number of nitrogens with one attached hydrogen (secondary N) is 12. The van der Waals surface area contributed by atoms with Gasteiger partial charge in [0.1, 0.15) is 71.6 Å². The van der Waals surface area contributed by atoms with Crippen LogP contribution in [0.15, 0.2) is 116 Å². The fourth-order valence-corrected chi connectivity index (χ4v) is 10.5. The van der Waals surface area contributed by atoms with E-state index < -0.39 is 145 Å². The van der Waals surface area contributed by atoms with Gasteiger partial charge in [0.05, 0.1) is 32.2 Å². The van der Waals surface area contributed by atoms with E-state index in [2.05, 4.69) is 68.5 Å². The molecule has 0 aliphatic rings. The molecule has 0 spiro atoms. The van der Waals surface area contributed by atoms with Gasteiger partial charge in [0.25, 0.3) is 0 Å². The number of aliphatic hydroxyl groups is 1. The number of aliphatic hydroxyl groups excluding tert-OH is 1. The zero-order valence-corrected chi connectivity index (χ0v) is 55.1. The summed E-state index contributed by atoms with van der Waals surface area (Å²) in [6.07, 6.45) is 0.937. The number of aromatic nitrogens is 4. The van der Waals surface area contributed by atoms with Crippen molar-refractivity contribution in [2.24, 2.45) is 28.9 Å². The van der Waals surface area contributed by atoms with Crippen LogP contribution in [0.4, 0.5) is 0 Å². The molecular formula is C66H85N19O15. The van der Waals surface area contributed by atoms with Crippen molar-refractivity contribution in [1.82, 2.24) is 73.1 Å². The lowest BCUT2D eigenvalue weighted by molar-refractivity contribution is -0.137. The molecular weight excluding hydrogens is 1300 g/mol. The highest BCUT2D eigenvalue weighted by atomic mass is 16.3. The third-order valence-corrected chi connectivity index (χ3v) is 15.6. The zero-order valence-electron chi connectivity index (χ0n) is 55.1. The Bertz CT molecular complexity index is 3870. The Morgan fingerprint density at radius 1 is 0.530 bits per heavy atom. The lowest BCUT2D eigenvalue weighted by Gasteiger charge is -2.27. The van der Waals surface area contributed by atoms with Gasteiger partial charge in [0, 0.05) is 56.3 Å². The van der Waals surface area contributed by atoms with Gasteiger partial charge in [-0.25, -0.2) is 4.68 Å². The monoisotopic (exact) mass is 1380 g/mol. The first-order valence-electron chi connectivity index (χ1n) is 31.8. The van der Waals surface area contributed by atoms with E-state index >= 15 is 0 Å². The second kappa shape index (κ2) is 37.5. The number of hydrogen-bond acceptors (Lipinski definition) is 18. The predicted molar refractivity (Wildman–Crippen MR) is 360 cm³/mol. The lowest BCUT2D eigenvalue weighted by atomic mass is 10.0. The molecule has 34 nitrogen and oxygen atoms in total. The Labute approximate surface area is 573 Å². The summed E-state index contributed by atoms with van der Waals surface area (Å²) in [6, 6.07) is 13.3. The number of phenols is 2. The average molecular weight is 1380 g/mol. The number of primary amides is 3. The van der Waals surface area contributed by atoms with Crippen LogP contribution < -0.4 is 76.1 Å². The third-order valence-electron chi connectivity index (χ3n) is 15.6. The second-order valence-electron chi connectivity index (χ2n) is 24.1. The first kappa shape index (κ1) is 77.0. The van der Waals surface area contributed by atoms with Crippen molar-refractivity contribution < 1.29 is 72.9 Å². The van der Waals surface area contributed by atoms with Crippen LogP contribution in [0.5, 0.6) is 11.5 Å². The van der Waals surface area contributed by atoms with E-state index in [9.17, 15) is 72.9 Å². The number of benzene rings is 4. The molecule has 2 heterocycles. The number of aromatic hydroxyl groups is 2. The molecule has 34 heteroatoms. The molecule has 4 aromatic carbocycles. The zero-order chi connectivity index (χ0) is 73.2. The molecule has 23 N–H and O–H groups in total. The Morgan fingerprint density at radius 2 is 0.990 bits per heavy atom. The molecule has 534 valence electrons. The number of carbonyl (C=O) groups is 12. The van der Waals surface area contributed by atoms with Gasteiger partial charge in [-0.3, -0.25) is 62.9 Å². The number of guanidine groups is 1. The highest BCUT2D eigenvalue weighted by Crippen LogP contribution is 2.22. The van der Waals surface area contributed by atoms with Gasteiger partial charge in [0.2, 0.25) is 70.9 Å². The Hall–Kier alpha value is -12.0. The highest BCUT2D eigenvalue weighted by molar-refractivity contribution is 6.00. The first-order valence-corrected chi connectivity index (χ1v) is 31.8. The molecule has 6 rings (SSSR count). The van der Waals surface area contributed by atoms with Crippen LogP contribution in [-0.4, -0.2) is 174 Å². The maximum absolute atomic E-state index is 14.6. The number of nitrogens with two attached hydrogens (primary N) is 4. The quantitative estimate of drug-likeness (QED) is 0.0102. The van der Waals surface area contributed by atoms with Crippen LogP contribution in [0.3, 0.4) is 0 Å². The molecule has 12 amide bonds. The number of hydrogen-bond donors (Lipinski definition) is 19. The number of phenolic OH excluding ortho intramolecular Hbond substituents is 2. The van der Waals surface area contributed by atoms with Crippen LogP contribution in [0.2, 0.25) is 0 Å². The molecule has 0 aliphatic heterocycles. The van der Waals surface area contributed by atoms with E-state index in [1.165, 1.54) is 47.3 Å². The summed E-state index contributed by atoms with van der Waals surface area (Å²) < 4.78 is 1.24. The van der Waals surface area contributed by atoms with Gasteiger partial charge in [-0.1, -0.05) is 91.9 Å². The SMILES string of the molecule is CC(=O)N[C@@H](Cc1ccc(O)cc1)C(=O)N[C@@H](CC(N)=O)C(=O)N[C@@H](Cc1c[nH]c2ccccc12)C(=O)N[C@@H](CC(N)=O)C(=O)N[C@@H](CO)C(=O)N[C@@H](Cc1ccccc1)C(=O)NCc1cn([C@@H](CC(C)C)C(=O)N[C@@H](CCCNC(=N)N)C(=O)N[C@@H](Cc2ccc(O)cc2)C(N)=O)nn1. The summed E-state index contributed by atoms with van der Waals surface area (Å²) in [6.45, 7) is 3.53. The third kappa shape index (κ3) is 24.6. The molecule has 2 aromatic heterocycles. The predicted octanol–water partition coefficient (Wildman–Crippen LogP) is -3.27. The standard InChI is InChI=1S/C66H85N19O15/c1-35(2)24-54(65(100)76-46(14-9-23-72-66(70)71)59(94)77-47(57(69)92)25-38-15-19-42(88)20-16-38)85-33-41(83-84-85)32-74-58(93)48(26-37-10-5-4-6-11-37)78-64(99)53(34-86)82-63(98)52(30-56(68)91)81-61(96)50(28-40-31-73-45-13-8-7-12-44(40)45)79-62(97)51(29-55(67)90)80-60(95)49(75-36(3)87)27-39-17-21-43(89)22-18-39/h4-8,10-13,15-22,31,33,35,46-54,73,86,88-89H,9,14,23-30,32,34H2,1-3H3,(H2,67,90)(H2,68,91)(H2,69,92)(H,74,93)(H,75,87)(H,76,100)(H,77,94)(H,78,99)(H,79,97)(H,80,95)(H,81,96)(H,82,98)(H4,70,71,72)/t46-,47-,48-,49-,50-,51-,52-,53-,54-/m0/s1. The lowest BCUT2D eigenvalue weighted by Crippen LogP contribution is -2.61. The highest BCUT2D eigenvalue weighted by Gasteiger charge is 2.36. The number of aromatic amines is 1. The fraction of sp³-hybridized carbons (Fsp3) is 0.379. The molecule has 100 heavy (non-hydrogen) atoms. The van der Waals surface area contributed by atoms with Crippen LogP contribution in [0.1, 0.15) is 86.9 Å². The van der Waals surface area contributed by atoms with Gasteiger partial charge < -0.3 is 96.4 Å².